The number of para-hydroxylation sites is 1. The van der Waals surface area contributed by atoms with E-state index in [0.717, 1.165) is 17.1 Å². The first-order valence-electron chi connectivity index (χ1n) is 20.9. The second-order valence-corrected chi connectivity index (χ2v) is 16.5. The average molecular weight is 766 g/mol. The highest BCUT2D eigenvalue weighted by Crippen LogP contribution is 2.52. The Bertz CT molecular complexity index is 3210. The van der Waals surface area contributed by atoms with Crippen molar-refractivity contribution in [2.75, 3.05) is 4.90 Å². The molecule has 60 heavy (non-hydrogen) atoms. The monoisotopic (exact) mass is 765 g/mol. The second kappa shape index (κ2) is 14.4. The summed E-state index contributed by atoms with van der Waals surface area (Å²) in [6, 6.07) is 82.4. The molecule has 0 fully saturated rings. The van der Waals surface area contributed by atoms with E-state index >= 15 is 0 Å². The van der Waals surface area contributed by atoms with Gasteiger partial charge >= 0.3 is 0 Å². The van der Waals surface area contributed by atoms with E-state index in [9.17, 15) is 0 Å². The average Bonchev–Trinajstić information content (AvgIpc) is 3.54. The molecular formula is C59H43N. The summed E-state index contributed by atoms with van der Waals surface area (Å²) in [7, 11) is 0. The molecule has 0 saturated carbocycles. The number of rotatable bonds is 7. The van der Waals surface area contributed by atoms with Crippen LogP contribution < -0.4 is 4.90 Å². The van der Waals surface area contributed by atoms with E-state index in [-0.39, 0.29) is 5.41 Å². The molecule has 0 radical (unpaired) electrons. The van der Waals surface area contributed by atoms with Crippen molar-refractivity contribution in [3.8, 4) is 55.6 Å². The van der Waals surface area contributed by atoms with Crippen molar-refractivity contribution in [2.45, 2.75) is 19.3 Å². The van der Waals surface area contributed by atoms with Crippen molar-refractivity contribution in [2.24, 2.45) is 0 Å². The summed E-state index contributed by atoms with van der Waals surface area (Å²) in [6.45, 7) is 4.78. The molecule has 0 heterocycles. The lowest BCUT2D eigenvalue weighted by atomic mass is 9.81. The van der Waals surface area contributed by atoms with Gasteiger partial charge in [-0.2, -0.15) is 0 Å². The van der Waals surface area contributed by atoms with E-state index in [1.54, 1.807) is 0 Å². The second-order valence-electron chi connectivity index (χ2n) is 16.5. The van der Waals surface area contributed by atoms with E-state index in [0.29, 0.717) is 0 Å². The van der Waals surface area contributed by atoms with Gasteiger partial charge in [0.05, 0.1) is 5.69 Å². The van der Waals surface area contributed by atoms with Crippen molar-refractivity contribution in [1.82, 2.24) is 0 Å². The summed E-state index contributed by atoms with van der Waals surface area (Å²) >= 11 is 0. The summed E-state index contributed by atoms with van der Waals surface area (Å²) < 4.78 is 0. The van der Waals surface area contributed by atoms with Crippen LogP contribution in [0, 0.1) is 0 Å². The third kappa shape index (κ3) is 6.01. The minimum absolute atomic E-state index is 0.223. The van der Waals surface area contributed by atoms with Gasteiger partial charge in [0.15, 0.2) is 0 Å². The zero-order valence-corrected chi connectivity index (χ0v) is 33.8. The summed E-state index contributed by atoms with van der Waals surface area (Å²) in [5.74, 6) is 0. The van der Waals surface area contributed by atoms with Crippen LogP contribution in [-0.4, -0.2) is 0 Å². The predicted octanol–water partition coefficient (Wildman–Crippen LogP) is 16.4. The molecule has 0 aromatic heterocycles. The van der Waals surface area contributed by atoms with Gasteiger partial charge in [0.2, 0.25) is 0 Å². The Morgan fingerprint density at radius 1 is 0.300 bits per heavy atom. The van der Waals surface area contributed by atoms with E-state index in [1.165, 1.54) is 88.3 Å². The van der Waals surface area contributed by atoms with Gasteiger partial charge in [-0.3, -0.25) is 0 Å². The first-order valence-corrected chi connectivity index (χ1v) is 20.9. The molecule has 1 aliphatic rings. The summed E-state index contributed by atoms with van der Waals surface area (Å²) in [4.78, 5) is 2.47. The van der Waals surface area contributed by atoms with Gasteiger partial charge in [-0.05, 0) is 119 Å². The topological polar surface area (TPSA) is 3.24 Å². The van der Waals surface area contributed by atoms with Gasteiger partial charge in [-0.15, -0.1) is 0 Å². The molecule has 0 unspecified atom stereocenters. The van der Waals surface area contributed by atoms with Crippen molar-refractivity contribution in [3.05, 3.63) is 236 Å². The Hall–Kier alpha value is -7.48. The van der Waals surface area contributed by atoms with Gasteiger partial charge in [-0.1, -0.05) is 202 Å². The number of nitrogens with zero attached hydrogens (tertiary/aromatic N) is 1. The first-order chi connectivity index (χ1) is 29.5. The molecule has 0 saturated heterocycles. The molecule has 0 atom stereocenters. The highest BCUT2D eigenvalue weighted by atomic mass is 15.1. The zero-order chi connectivity index (χ0) is 40.2. The molecule has 0 bridgehead atoms. The van der Waals surface area contributed by atoms with E-state index < -0.39 is 0 Å². The molecule has 10 aromatic rings. The van der Waals surface area contributed by atoms with Gasteiger partial charge in [-0.25, -0.2) is 0 Å². The lowest BCUT2D eigenvalue weighted by Gasteiger charge is -2.30. The molecule has 0 spiro atoms. The molecule has 10 aromatic carbocycles. The lowest BCUT2D eigenvalue weighted by Crippen LogP contribution is -2.17. The van der Waals surface area contributed by atoms with Crippen molar-refractivity contribution >= 4 is 38.6 Å². The van der Waals surface area contributed by atoms with Crippen molar-refractivity contribution in [1.29, 1.82) is 0 Å². The number of fused-ring (bicyclic) bond motifs is 6. The number of hydrogen-bond acceptors (Lipinski definition) is 1. The van der Waals surface area contributed by atoms with Crippen LogP contribution in [0.1, 0.15) is 25.0 Å². The molecule has 1 aliphatic carbocycles. The number of anilines is 3. The van der Waals surface area contributed by atoms with Crippen LogP contribution in [0.15, 0.2) is 224 Å². The van der Waals surface area contributed by atoms with Gasteiger partial charge in [0.1, 0.15) is 0 Å². The first kappa shape index (κ1) is 35.7. The molecule has 0 N–H and O–H groups in total. The quantitative estimate of drug-likeness (QED) is 0.146. The smallest absolute Gasteiger partial charge is 0.0540 e. The van der Waals surface area contributed by atoms with E-state index in [2.05, 4.69) is 243 Å². The Labute approximate surface area is 352 Å². The van der Waals surface area contributed by atoms with E-state index in [4.69, 9.17) is 0 Å². The van der Waals surface area contributed by atoms with Gasteiger partial charge in [0.25, 0.3) is 0 Å². The summed E-state index contributed by atoms with van der Waals surface area (Å²) in [5.41, 5.74) is 18.3. The lowest BCUT2D eigenvalue weighted by molar-refractivity contribution is 0.660. The maximum atomic E-state index is 2.47. The third-order valence-corrected chi connectivity index (χ3v) is 12.7. The molecule has 1 heteroatoms. The Morgan fingerprint density at radius 3 is 1.55 bits per heavy atom. The highest BCUT2D eigenvalue weighted by Gasteiger charge is 2.36. The third-order valence-electron chi connectivity index (χ3n) is 12.7. The molecule has 11 rings (SSSR count). The van der Waals surface area contributed by atoms with Gasteiger partial charge in [0, 0.05) is 22.4 Å². The fraction of sp³-hybridized carbons (Fsp3) is 0.0508. The van der Waals surface area contributed by atoms with Crippen molar-refractivity contribution in [3.63, 3.8) is 0 Å². The standard InChI is InChI=1S/C59H43N/c1-59(2)56-38-46(51-22-12-11-21-49(51)42-17-7-4-8-18-42)31-34-54(56)55-36-33-48(39-57(55)59)60(47-32-35-52-45(37-47)30-29-43-19-9-10-20-50(43)52)58-24-14-13-23-53(58)44-27-25-41(26-28-44)40-15-5-3-6-16-40/h3-39H,1-2H3. The fourth-order valence-electron chi connectivity index (χ4n) is 9.59. The fourth-order valence-corrected chi connectivity index (χ4v) is 9.59. The molecule has 0 amide bonds. The van der Waals surface area contributed by atoms with Gasteiger partial charge < -0.3 is 4.90 Å². The minimum atomic E-state index is -0.223. The SMILES string of the molecule is CC1(C)c2cc(-c3ccccc3-c3ccccc3)ccc2-c2ccc(N(c3ccc4c(ccc5ccccc54)c3)c3ccccc3-c3ccc(-c4ccccc4)cc3)cc21. The zero-order valence-electron chi connectivity index (χ0n) is 33.8. The largest absolute Gasteiger partial charge is 0.310 e. The van der Waals surface area contributed by atoms with E-state index in [1.807, 2.05) is 0 Å². The normalized spacial score (nSPS) is 12.6. The predicted molar refractivity (Wildman–Crippen MR) is 255 cm³/mol. The van der Waals surface area contributed by atoms with Crippen LogP contribution >= 0.6 is 0 Å². The Balaban J connectivity index is 1.05. The maximum absolute atomic E-state index is 2.47. The van der Waals surface area contributed by atoms with Crippen LogP contribution in [0.3, 0.4) is 0 Å². The maximum Gasteiger partial charge on any atom is 0.0540 e. The molecule has 1 nitrogen and oxygen atoms in total. The van der Waals surface area contributed by atoms with Crippen LogP contribution in [0.5, 0.6) is 0 Å². The highest BCUT2D eigenvalue weighted by molar-refractivity contribution is 6.09. The molecular weight excluding hydrogens is 723 g/mol. The summed E-state index contributed by atoms with van der Waals surface area (Å²) in [5, 5.41) is 5.01. The van der Waals surface area contributed by atoms with Crippen LogP contribution in [0.25, 0.3) is 77.2 Å². The summed E-state index contributed by atoms with van der Waals surface area (Å²) in [6.07, 6.45) is 0. The molecule has 284 valence electrons. The van der Waals surface area contributed by atoms with Crippen LogP contribution in [0.2, 0.25) is 0 Å². The Morgan fingerprint density at radius 2 is 0.783 bits per heavy atom. The Kier molecular flexibility index (Phi) is 8.57. The van der Waals surface area contributed by atoms with Crippen LogP contribution in [0.4, 0.5) is 17.1 Å². The molecule has 0 aliphatic heterocycles. The number of benzene rings is 10. The minimum Gasteiger partial charge on any atom is -0.310 e. The van der Waals surface area contributed by atoms with Crippen LogP contribution in [-0.2, 0) is 5.41 Å². The number of hydrogen-bond donors (Lipinski definition) is 0. The van der Waals surface area contributed by atoms with Crippen molar-refractivity contribution < 1.29 is 0 Å².